The van der Waals surface area contributed by atoms with Crippen LogP contribution in [-0.4, -0.2) is 22.3 Å². The van der Waals surface area contributed by atoms with Crippen LogP contribution in [-0.2, 0) is 11.2 Å². The molecule has 1 atom stereocenters. The van der Waals surface area contributed by atoms with Crippen molar-refractivity contribution in [2.24, 2.45) is 0 Å². The molecule has 2 rings (SSSR count). The van der Waals surface area contributed by atoms with Crippen LogP contribution >= 0.6 is 0 Å². The number of phenols is 2. The number of rotatable bonds is 0. The second-order valence-corrected chi connectivity index (χ2v) is 3.41. The van der Waals surface area contributed by atoms with Gasteiger partial charge in [-0.05, 0) is 13.0 Å². The summed E-state index contributed by atoms with van der Waals surface area (Å²) in [6.07, 6.45) is 0.248. The van der Waals surface area contributed by atoms with E-state index in [9.17, 15) is 15.0 Å². The molecule has 1 aliphatic heterocycles. The maximum Gasteiger partial charge on any atom is 0.338 e. The summed E-state index contributed by atoms with van der Waals surface area (Å²) in [7, 11) is 0. The Kier molecular flexibility index (Phi) is 1.84. The zero-order valence-corrected chi connectivity index (χ0v) is 7.65. The average molecular weight is 194 g/mol. The average Bonchev–Trinajstić information content (AvgIpc) is 2.07. The third kappa shape index (κ3) is 1.28. The van der Waals surface area contributed by atoms with Crippen LogP contribution in [0, 0.1) is 0 Å². The number of hydrogen-bond acceptors (Lipinski definition) is 4. The fraction of sp³-hybridized carbons (Fsp3) is 0.300. The Morgan fingerprint density at radius 2 is 2.14 bits per heavy atom. The molecule has 0 fully saturated rings. The number of esters is 1. The summed E-state index contributed by atoms with van der Waals surface area (Å²) in [5.74, 6) is -0.679. The lowest BCUT2D eigenvalue weighted by molar-refractivity contribution is 0.0297. The van der Waals surface area contributed by atoms with Crippen LogP contribution in [0.3, 0.4) is 0 Å². The molecular formula is C10H10O4. The number of carbonyl (C=O) groups excluding carboxylic acids is 1. The van der Waals surface area contributed by atoms with Crippen molar-refractivity contribution in [3.63, 3.8) is 0 Å². The summed E-state index contributed by atoms with van der Waals surface area (Å²) in [6, 6.07) is 2.54. The smallest absolute Gasteiger partial charge is 0.338 e. The number of aromatic hydroxyl groups is 2. The van der Waals surface area contributed by atoms with E-state index in [1.807, 2.05) is 0 Å². The first-order chi connectivity index (χ1) is 6.58. The van der Waals surface area contributed by atoms with Gasteiger partial charge in [-0.25, -0.2) is 4.79 Å². The molecule has 0 saturated carbocycles. The van der Waals surface area contributed by atoms with Gasteiger partial charge in [-0.3, -0.25) is 0 Å². The largest absolute Gasteiger partial charge is 0.508 e. The number of phenolic OH excluding ortho intramolecular Hbond substituents is 2. The topological polar surface area (TPSA) is 66.8 Å². The monoisotopic (exact) mass is 194 g/mol. The quantitative estimate of drug-likeness (QED) is 0.609. The number of carbonyl (C=O) groups is 1. The Labute approximate surface area is 80.7 Å². The van der Waals surface area contributed by atoms with Gasteiger partial charge in [0.2, 0.25) is 0 Å². The first-order valence-corrected chi connectivity index (χ1v) is 4.34. The van der Waals surface area contributed by atoms with Crippen molar-refractivity contribution in [3.8, 4) is 11.5 Å². The molecule has 0 spiro atoms. The highest BCUT2D eigenvalue weighted by Gasteiger charge is 2.26. The van der Waals surface area contributed by atoms with E-state index >= 15 is 0 Å². The van der Waals surface area contributed by atoms with Crippen LogP contribution in [0.5, 0.6) is 11.5 Å². The van der Waals surface area contributed by atoms with E-state index < -0.39 is 5.97 Å². The molecule has 0 saturated heterocycles. The molecule has 74 valence electrons. The van der Waals surface area contributed by atoms with Crippen molar-refractivity contribution in [2.75, 3.05) is 0 Å². The summed E-state index contributed by atoms with van der Waals surface area (Å²) in [5.41, 5.74) is 0.798. The number of hydrogen-bond donors (Lipinski definition) is 2. The predicted octanol–water partition coefficient (Wildman–Crippen LogP) is 1.20. The van der Waals surface area contributed by atoms with Crippen LogP contribution in [0.2, 0.25) is 0 Å². The summed E-state index contributed by atoms with van der Waals surface area (Å²) in [4.78, 5) is 11.4. The number of ether oxygens (including phenoxy) is 1. The minimum Gasteiger partial charge on any atom is -0.508 e. The van der Waals surface area contributed by atoms with Gasteiger partial charge in [0.15, 0.2) is 0 Å². The van der Waals surface area contributed by atoms with Crippen LogP contribution in [0.15, 0.2) is 12.1 Å². The maximum atomic E-state index is 11.4. The van der Waals surface area contributed by atoms with Gasteiger partial charge in [-0.2, -0.15) is 0 Å². The van der Waals surface area contributed by atoms with Gasteiger partial charge in [0, 0.05) is 18.1 Å². The Balaban J connectivity index is 2.59. The van der Waals surface area contributed by atoms with Crippen LogP contribution in [0.25, 0.3) is 0 Å². The summed E-state index contributed by atoms with van der Waals surface area (Å²) < 4.78 is 4.96. The van der Waals surface area contributed by atoms with E-state index in [0.29, 0.717) is 12.0 Å². The van der Waals surface area contributed by atoms with Gasteiger partial charge in [0.05, 0.1) is 5.56 Å². The van der Waals surface area contributed by atoms with Crippen molar-refractivity contribution in [1.82, 2.24) is 0 Å². The molecule has 1 aromatic carbocycles. The van der Waals surface area contributed by atoms with E-state index in [2.05, 4.69) is 0 Å². The first-order valence-electron chi connectivity index (χ1n) is 4.34. The molecule has 4 nitrogen and oxygen atoms in total. The lowest BCUT2D eigenvalue weighted by atomic mass is 9.98. The van der Waals surface area contributed by atoms with Gasteiger partial charge in [0.1, 0.15) is 17.6 Å². The Morgan fingerprint density at radius 1 is 1.43 bits per heavy atom. The van der Waals surface area contributed by atoms with Crippen molar-refractivity contribution in [1.29, 1.82) is 0 Å². The highest BCUT2D eigenvalue weighted by atomic mass is 16.5. The second-order valence-electron chi connectivity index (χ2n) is 3.41. The van der Waals surface area contributed by atoms with E-state index in [0.717, 1.165) is 0 Å². The SMILES string of the molecule is CC1Cc2c(O)cc(O)cc2C(=O)O1. The second kappa shape index (κ2) is 2.90. The lowest BCUT2D eigenvalue weighted by Gasteiger charge is -2.22. The number of benzene rings is 1. The third-order valence-corrected chi connectivity index (χ3v) is 2.23. The summed E-state index contributed by atoms with van der Waals surface area (Å²) >= 11 is 0. The maximum absolute atomic E-state index is 11.4. The fourth-order valence-corrected chi connectivity index (χ4v) is 1.61. The molecule has 0 radical (unpaired) electrons. The Hall–Kier alpha value is -1.71. The molecule has 0 bridgehead atoms. The van der Waals surface area contributed by atoms with E-state index in [-0.39, 0.29) is 23.2 Å². The van der Waals surface area contributed by atoms with Gasteiger partial charge in [-0.15, -0.1) is 0 Å². The molecule has 0 aromatic heterocycles. The van der Waals surface area contributed by atoms with Crippen molar-refractivity contribution in [2.45, 2.75) is 19.4 Å². The minimum absolute atomic E-state index is 0.0523. The van der Waals surface area contributed by atoms with Gasteiger partial charge >= 0.3 is 5.97 Å². The molecule has 4 heteroatoms. The van der Waals surface area contributed by atoms with Crippen LogP contribution in [0.1, 0.15) is 22.8 Å². The first kappa shape index (κ1) is 8.87. The van der Waals surface area contributed by atoms with E-state index in [1.54, 1.807) is 6.92 Å². The Morgan fingerprint density at radius 3 is 2.86 bits per heavy atom. The highest BCUT2D eigenvalue weighted by Crippen LogP contribution is 2.32. The molecule has 14 heavy (non-hydrogen) atoms. The van der Waals surface area contributed by atoms with Crippen molar-refractivity contribution in [3.05, 3.63) is 23.3 Å². The molecule has 1 aromatic rings. The summed E-state index contributed by atoms with van der Waals surface area (Å²) in [5, 5.41) is 18.7. The van der Waals surface area contributed by atoms with Crippen molar-refractivity contribution >= 4 is 5.97 Å². The molecule has 0 aliphatic carbocycles. The van der Waals surface area contributed by atoms with Crippen LogP contribution in [0.4, 0.5) is 0 Å². The van der Waals surface area contributed by atoms with Gasteiger partial charge in [-0.1, -0.05) is 0 Å². The zero-order chi connectivity index (χ0) is 10.3. The zero-order valence-electron chi connectivity index (χ0n) is 7.65. The highest BCUT2D eigenvalue weighted by molar-refractivity contribution is 5.93. The van der Waals surface area contributed by atoms with E-state index in [1.165, 1.54) is 12.1 Å². The lowest BCUT2D eigenvalue weighted by Crippen LogP contribution is -2.25. The standard InChI is InChI=1S/C10H10O4/c1-5-2-7-8(10(13)14-5)3-6(11)4-9(7)12/h3-5,11-12H,2H2,1H3. The molecular weight excluding hydrogens is 184 g/mol. The van der Waals surface area contributed by atoms with Crippen molar-refractivity contribution < 1.29 is 19.7 Å². The molecule has 0 amide bonds. The van der Waals surface area contributed by atoms with Crippen LogP contribution < -0.4 is 0 Å². The van der Waals surface area contributed by atoms with E-state index in [4.69, 9.17) is 4.74 Å². The fourth-order valence-electron chi connectivity index (χ4n) is 1.61. The Bertz CT molecular complexity index is 397. The molecule has 1 heterocycles. The minimum atomic E-state index is -0.495. The molecule has 1 unspecified atom stereocenters. The third-order valence-electron chi connectivity index (χ3n) is 2.23. The number of cyclic esters (lactones) is 1. The summed E-state index contributed by atoms with van der Waals surface area (Å²) in [6.45, 7) is 1.76. The number of fused-ring (bicyclic) bond motifs is 1. The molecule has 2 N–H and O–H groups in total. The predicted molar refractivity (Wildman–Crippen MR) is 48.4 cm³/mol. The molecule has 1 aliphatic rings. The van der Waals surface area contributed by atoms with Gasteiger partial charge < -0.3 is 14.9 Å². The normalized spacial score (nSPS) is 20.1. The van der Waals surface area contributed by atoms with Gasteiger partial charge in [0.25, 0.3) is 0 Å².